The van der Waals surface area contributed by atoms with Crippen molar-refractivity contribution in [2.75, 3.05) is 20.6 Å². The summed E-state index contributed by atoms with van der Waals surface area (Å²) in [4.78, 5) is 14.0. The molecular formula is C14H25N3O. The van der Waals surface area contributed by atoms with Crippen molar-refractivity contribution in [1.29, 1.82) is 0 Å². The SMILES string of the molecule is CN(C)CC(C)(C)NC(=O)CCc1cccn1C. The maximum atomic E-state index is 11.9. The molecule has 0 fully saturated rings. The Morgan fingerprint density at radius 2 is 2.11 bits per heavy atom. The summed E-state index contributed by atoms with van der Waals surface area (Å²) in [5, 5.41) is 3.08. The number of nitrogens with one attached hydrogen (secondary N) is 1. The summed E-state index contributed by atoms with van der Waals surface area (Å²) >= 11 is 0. The zero-order valence-electron chi connectivity index (χ0n) is 12.2. The first-order valence-corrected chi connectivity index (χ1v) is 6.36. The molecule has 1 amide bonds. The van der Waals surface area contributed by atoms with Crippen molar-refractivity contribution in [2.24, 2.45) is 7.05 Å². The smallest absolute Gasteiger partial charge is 0.220 e. The summed E-state index contributed by atoms with van der Waals surface area (Å²) in [5.74, 6) is 0.114. The van der Waals surface area contributed by atoms with E-state index in [-0.39, 0.29) is 11.4 Å². The maximum Gasteiger partial charge on any atom is 0.220 e. The Balaban J connectivity index is 2.40. The molecule has 0 saturated carbocycles. The highest BCUT2D eigenvalue weighted by Crippen LogP contribution is 2.06. The quantitative estimate of drug-likeness (QED) is 0.830. The Hall–Kier alpha value is -1.29. The number of hydrogen-bond donors (Lipinski definition) is 1. The second-order valence-corrected chi connectivity index (χ2v) is 5.78. The predicted octanol–water partition coefficient (Wildman–Crippen LogP) is 1.41. The lowest BCUT2D eigenvalue weighted by Crippen LogP contribution is -2.50. The lowest BCUT2D eigenvalue weighted by atomic mass is 10.0. The number of aryl methyl sites for hydroxylation is 2. The van der Waals surface area contributed by atoms with E-state index >= 15 is 0 Å². The number of nitrogens with zero attached hydrogens (tertiary/aromatic N) is 2. The van der Waals surface area contributed by atoms with E-state index in [0.717, 1.165) is 13.0 Å². The molecule has 0 bridgehead atoms. The van der Waals surface area contributed by atoms with Gasteiger partial charge < -0.3 is 14.8 Å². The lowest BCUT2D eigenvalue weighted by Gasteiger charge is -2.29. The summed E-state index contributed by atoms with van der Waals surface area (Å²) in [7, 11) is 6.03. The Bertz CT molecular complexity index is 393. The van der Waals surface area contributed by atoms with E-state index in [1.807, 2.05) is 47.3 Å². The summed E-state index contributed by atoms with van der Waals surface area (Å²) in [6.45, 7) is 4.93. The van der Waals surface area contributed by atoms with Crippen LogP contribution >= 0.6 is 0 Å². The van der Waals surface area contributed by atoms with E-state index < -0.39 is 0 Å². The molecule has 0 aliphatic heterocycles. The van der Waals surface area contributed by atoms with Crippen molar-refractivity contribution in [3.05, 3.63) is 24.0 Å². The van der Waals surface area contributed by atoms with Gasteiger partial charge in [0.2, 0.25) is 5.91 Å². The molecule has 0 atom stereocenters. The van der Waals surface area contributed by atoms with Crippen molar-refractivity contribution in [3.8, 4) is 0 Å². The Labute approximate surface area is 110 Å². The average Bonchev–Trinajstić information content (AvgIpc) is 2.58. The molecule has 0 aromatic carbocycles. The largest absolute Gasteiger partial charge is 0.354 e. The highest BCUT2D eigenvalue weighted by atomic mass is 16.1. The molecule has 1 N–H and O–H groups in total. The molecular weight excluding hydrogens is 226 g/mol. The van der Waals surface area contributed by atoms with Gasteiger partial charge in [0.15, 0.2) is 0 Å². The standard InChI is InChI=1S/C14H25N3O/c1-14(2,11-16(3)4)15-13(18)9-8-12-7-6-10-17(12)5/h6-7,10H,8-9,11H2,1-5H3,(H,15,18). The van der Waals surface area contributed by atoms with Crippen molar-refractivity contribution in [3.63, 3.8) is 0 Å². The van der Waals surface area contributed by atoms with Crippen LogP contribution in [0.1, 0.15) is 26.0 Å². The van der Waals surface area contributed by atoms with E-state index in [9.17, 15) is 4.79 Å². The minimum absolute atomic E-state index is 0.114. The van der Waals surface area contributed by atoms with E-state index in [1.54, 1.807) is 0 Å². The topological polar surface area (TPSA) is 37.3 Å². The first kappa shape index (κ1) is 14.8. The highest BCUT2D eigenvalue weighted by molar-refractivity contribution is 5.76. The number of likely N-dealkylation sites (N-methyl/N-ethyl adjacent to an activating group) is 1. The number of aromatic nitrogens is 1. The third-order valence-corrected chi connectivity index (χ3v) is 2.85. The fourth-order valence-electron chi connectivity index (χ4n) is 2.27. The second kappa shape index (κ2) is 6.05. The fraction of sp³-hybridized carbons (Fsp3) is 0.643. The van der Waals surface area contributed by atoms with Gasteiger partial charge in [0, 0.05) is 37.4 Å². The summed E-state index contributed by atoms with van der Waals surface area (Å²) < 4.78 is 2.05. The molecule has 0 aliphatic carbocycles. The number of rotatable bonds is 6. The molecule has 0 spiro atoms. The van der Waals surface area contributed by atoms with Crippen LogP contribution in [0, 0.1) is 0 Å². The summed E-state index contributed by atoms with van der Waals surface area (Å²) in [6.07, 6.45) is 3.32. The van der Waals surface area contributed by atoms with E-state index in [4.69, 9.17) is 0 Å². The first-order valence-electron chi connectivity index (χ1n) is 6.36. The molecule has 0 aliphatic rings. The highest BCUT2D eigenvalue weighted by Gasteiger charge is 2.20. The van der Waals surface area contributed by atoms with Crippen LogP contribution in [0.5, 0.6) is 0 Å². The van der Waals surface area contributed by atoms with Crippen LogP contribution in [0.2, 0.25) is 0 Å². The molecule has 1 aromatic rings. The number of hydrogen-bond acceptors (Lipinski definition) is 2. The zero-order valence-corrected chi connectivity index (χ0v) is 12.2. The molecule has 0 saturated heterocycles. The van der Waals surface area contributed by atoms with Gasteiger partial charge in [0.05, 0.1) is 0 Å². The van der Waals surface area contributed by atoms with Gasteiger partial charge >= 0.3 is 0 Å². The van der Waals surface area contributed by atoms with E-state index in [0.29, 0.717) is 6.42 Å². The monoisotopic (exact) mass is 251 g/mol. The normalized spacial score (nSPS) is 11.9. The third kappa shape index (κ3) is 4.92. The Morgan fingerprint density at radius 3 is 2.61 bits per heavy atom. The van der Waals surface area contributed by atoms with E-state index in [2.05, 4.69) is 20.9 Å². The van der Waals surface area contributed by atoms with Gasteiger partial charge in [0.25, 0.3) is 0 Å². The maximum absolute atomic E-state index is 11.9. The zero-order chi connectivity index (χ0) is 13.8. The molecule has 0 radical (unpaired) electrons. The van der Waals surface area contributed by atoms with Gasteiger partial charge in [-0.1, -0.05) is 0 Å². The van der Waals surface area contributed by atoms with Crippen molar-refractivity contribution in [2.45, 2.75) is 32.2 Å². The van der Waals surface area contributed by atoms with Crippen LogP contribution in [0.4, 0.5) is 0 Å². The predicted molar refractivity (Wildman–Crippen MR) is 74.5 cm³/mol. The molecule has 1 aromatic heterocycles. The molecule has 1 rings (SSSR count). The Morgan fingerprint density at radius 1 is 1.44 bits per heavy atom. The minimum atomic E-state index is -0.186. The second-order valence-electron chi connectivity index (χ2n) is 5.78. The van der Waals surface area contributed by atoms with Crippen LogP contribution in [0.25, 0.3) is 0 Å². The molecule has 4 nitrogen and oxygen atoms in total. The van der Waals surface area contributed by atoms with Gasteiger partial charge in [-0.2, -0.15) is 0 Å². The van der Waals surface area contributed by atoms with Gasteiger partial charge in [-0.25, -0.2) is 0 Å². The van der Waals surface area contributed by atoms with Gasteiger partial charge in [-0.05, 0) is 46.5 Å². The lowest BCUT2D eigenvalue weighted by molar-refractivity contribution is -0.122. The van der Waals surface area contributed by atoms with Crippen molar-refractivity contribution in [1.82, 2.24) is 14.8 Å². The number of carbonyl (C=O) groups is 1. The van der Waals surface area contributed by atoms with Crippen LogP contribution in [0.15, 0.2) is 18.3 Å². The first-order chi connectivity index (χ1) is 8.30. The molecule has 1 heterocycles. The summed E-state index contributed by atoms with van der Waals surface area (Å²) in [5.41, 5.74) is 1.00. The number of carbonyl (C=O) groups excluding carboxylic acids is 1. The van der Waals surface area contributed by atoms with Crippen LogP contribution in [-0.2, 0) is 18.3 Å². The van der Waals surface area contributed by atoms with E-state index in [1.165, 1.54) is 5.69 Å². The number of amides is 1. The molecule has 18 heavy (non-hydrogen) atoms. The molecule has 102 valence electrons. The average molecular weight is 251 g/mol. The molecule has 0 unspecified atom stereocenters. The van der Waals surface area contributed by atoms with Crippen molar-refractivity contribution < 1.29 is 4.79 Å². The van der Waals surface area contributed by atoms with Crippen molar-refractivity contribution >= 4 is 5.91 Å². The third-order valence-electron chi connectivity index (χ3n) is 2.85. The Kier molecular flexibility index (Phi) is 4.96. The fourth-order valence-corrected chi connectivity index (χ4v) is 2.27. The molecule has 4 heteroatoms. The van der Waals surface area contributed by atoms with Gasteiger partial charge in [0.1, 0.15) is 0 Å². The van der Waals surface area contributed by atoms with Crippen LogP contribution in [-0.4, -0.2) is 41.6 Å². The van der Waals surface area contributed by atoms with Crippen LogP contribution < -0.4 is 5.32 Å². The van der Waals surface area contributed by atoms with Crippen LogP contribution in [0.3, 0.4) is 0 Å². The minimum Gasteiger partial charge on any atom is -0.354 e. The van der Waals surface area contributed by atoms with Gasteiger partial charge in [-0.15, -0.1) is 0 Å². The summed E-state index contributed by atoms with van der Waals surface area (Å²) in [6, 6.07) is 4.06. The van der Waals surface area contributed by atoms with Gasteiger partial charge in [-0.3, -0.25) is 4.79 Å².